The fourth-order valence-electron chi connectivity index (χ4n) is 4.29. The van der Waals surface area contributed by atoms with Gasteiger partial charge in [0.05, 0.1) is 17.6 Å². The predicted molar refractivity (Wildman–Crippen MR) is 142 cm³/mol. The van der Waals surface area contributed by atoms with Crippen LogP contribution in [0.5, 0.6) is 5.75 Å². The van der Waals surface area contributed by atoms with Crippen LogP contribution in [-0.4, -0.2) is 28.6 Å². The minimum Gasteiger partial charge on any atom is -0.494 e. The summed E-state index contributed by atoms with van der Waals surface area (Å²) in [6, 6.07) is 24.2. The Morgan fingerprint density at radius 1 is 0.886 bits per heavy atom. The number of amides is 1. The maximum absolute atomic E-state index is 12.3. The number of para-hydroxylation sites is 2. The van der Waals surface area contributed by atoms with Crippen molar-refractivity contribution in [2.45, 2.75) is 52.5 Å². The number of carbonyl (C=O) groups excluding carboxylic acids is 1. The molecule has 0 saturated heterocycles. The Morgan fingerprint density at radius 2 is 1.71 bits per heavy atom. The number of benzene rings is 3. The number of aromatic nitrogens is 2. The SMILES string of the molecule is Cc1ccc(OCCCn2c(CCCCCNC(=O)c3cccc(C)c3)nc3ccccc32)cc1. The molecule has 0 spiro atoms. The third-order valence-electron chi connectivity index (χ3n) is 6.19. The summed E-state index contributed by atoms with van der Waals surface area (Å²) < 4.78 is 8.27. The fourth-order valence-corrected chi connectivity index (χ4v) is 4.29. The highest BCUT2D eigenvalue weighted by Gasteiger charge is 2.10. The molecule has 4 rings (SSSR count). The minimum atomic E-state index is 0.00310. The Hall–Kier alpha value is -3.60. The normalized spacial score (nSPS) is 11.0. The van der Waals surface area contributed by atoms with Crippen LogP contribution in [0.15, 0.2) is 72.8 Å². The maximum atomic E-state index is 12.3. The summed E-state index contributed by atoms with van der Waals surface area (Å²) in [6.45, 7) is 6.33. The number of rotatable bonds is 12. The van der Waals surface area contributed by atoms with Crippen molar-refractivity contribution in [1.82, 2.24) is 14.9 Å². The van der Waals surface area contributed by atoms with E-state index in [2.05, 4.69) is 47.1 Å². The van der Waals surface area contributed by atoms with Crippen molar-refractivity contribution in [1.29, 1.82) is 0 Å². The van der Waals surface area contributed by atoms with Crippen molar-refractivity contribution in [3.63, 3.8) is 0 Å². The molecule has 1 aromatic heterocycles. The molecule has 0 saturated carbocycles. The van der Waals surface area contributed by atoms with E-state index in [1.165, 1.54) is 11.1 Å². The summed E-state index contributed by atoms with van der Waals surface area (Å²) in [5.41, 5.74) is 5.29. The molecule has 1 amide bonds. The van der Waals surface area contributed by atoms with Gasteiger partial charge >= 0.3 is 0 Å². The van der Waals surface area contributed by atoms with Gasteiger partial charge in [0.25, 0.3) is 5.91 Å². The fraction of sp³-hybridized carbons (Fsp3) is 0.333. The topological polar surface area (TPSA) is 56.1 Å². The zero-order valence-electron chi connectivity index (χ0n) is 20.8. The summed E-state index contributed by atoms with van der Waals surface area (Å²) in [4.78, 5) is 17.2. The summed E-state index contributed by atoms with van der Waals surface area (Å²) >= 11 is 0. The first-order valence-electron chi connectivity index (χ1n) is 12.6. The quantitative estimate of drug-likeness (QED) is 0.249. The van der Waals surface area contributed by atoms with E-state index in [1.807, 2.05) is 49.4 Å². The van der Waals surface area contributed by atoms with Gasteiger partial charge in [-0.25, -0.2) is 4.98 Å². The lowest BCUT2D eigenvalue weighted by Gasteiger charge is -2.11. The van der Waals surface area contributed by atoms with Crippen molar-refractivity contribution >= 4 is 16.9 Å². The van der Waals surface area contributed by atoms with Gasteiger partial charge in [0.1, 0.15) is 11.6 Å². The third kappa shape index (κ3) is 6.95. The molecular formula is C30H35N3O2. The standard InChI is InChI=1S/C30H35N3O2/c1-23-15-17-26(18-16-23)35-21-9-20-33-28-13-6-5-12-27(28)32-29(33)14-4-3-7-19-31-30(34)25-11-8-10-24(2)22-25/h5-6,8,10-13,15-18,22H,3-4,7,9,14,19-21H2,1-2H3,(H,31,34). The van der Waals surface area contributed by atoms with Gasteiger partial charge < -0.3 is 14.6 Å². The van der Waals surface area contributed by atoms with Crippen LogP contribution in [0, 0.1) is 13.8 Å². The number of carbonyl (C=O) groups is 1. The van der Waals surface area contributed by atoms with Gasteiger partial charge in [-0.1, -0.05) is 53.9 Å². The third-order valence-corrected chi connectivity index (χ3v) is 6.19. The van der Waals surface area contributed by atoms with Crippen molar-refractivity contribution < 1.29 is 9.53 Å². The molecule has 0 aliphatic rings. The van der Waals surface area contributed by atoms with E-state index in [0.29, 0.717) is 13.2 Å². The monoisotopic (exact) mass is 469 g/mol. The predicted octanol–water partition coefficient (Wildman–Crippen LogP) is 6.27. The van der Waals surface area contributed by atoms with E-state index in [4.69, 9.17) is 9.72 Å². The Morgan fingerprint density at radius 3 is 2.54 bits per heavy atom. The second-order valence-electron chi connectivity index (χ2n) is 9.12. The van der Waals surface area contributed by atoms with Crippen LogP contribution >= 0.6 is 0 Å². The zero-order valence-corrected chi connectivity index (χ0v) is 20.8. The number of hydrogen-bond acceptors (Lipinski definition) is 3. The number of nitrogens with one attached hydrogen (secondary N) is 1. The van der Waals surface area contributed by atoms with E-state index in [0.717, 1.165) is 66.9 Å². The van der Waals surface area contributed by atoms with Crippen molar-refractivity contribution in [2.75, 3.05) is 13.2 Å². The molecule has 0 bridgehead atoms. The zero-order chi connectivity index (χ0) is 24.5. The molecule has 1 heterocycles. The highest BCUT2D eigenvalue weighted by Crippen LogP contribution is 2.19. The molecule has 5 heteroatoms. The second-order valence-corrected chi connectivity index (χ2v) is 9.12. The van der Waals surface area contributed by atoms with Gasteiger partial charge in [-0.3, -0.25) is 4.79 Å². The van der Waals surface area contributed by atoms with Crippen LogP contribution < -0.4 is 10.1 Å². The molecule has 0 fully saturated rings. The Balaban J connectivity index is 1.24. The number of hydrogen-bond donors (Lipinski definition) is 1. The molecule has 5 nitrogen and oxygen atoms in total. The van der Waals surface area contributed by atoms with Crippen LogP contribution in [0.25, 0.3) is 11.0 Å². The molecule has 0 aliphatic heterocycles. The minimum absolute atomic E-state index is 0.00310. The van der Waals surface area contributed by atoms with Gasteiger partial charge in [0, 0.05) is 25.1 Å². The van der Waals surface area contributed by atoms with Crippen molar-refractivity contribution in [2.24, 2.45) is 0 Å². The summed E-state index contributed by atoms with van der Waals surface area (Å²) in [7, 11) is 0. The van der Waals surface area contributed by atoms with Gasteiger partial charge in [-0.05, 0) is 69.5 Å². The Labute approximate surface area is 208 Å². The van der Waals surface area contributed by atoms with Crippen LogP contribution in [0.4, 0.5) is 0 Å². The lowest BCUT2D eigenvalue weighted by atomic mass is 10.1. The van der Waals surface area contributed by atoms with E-state index in [-0.39, 0.29) is 5.91 Å². The molecule has 35 heavy (non-hydrogen) atoms. The van der Waals surface area contributed by atoms with Crippen LogP contribution in [0.2, 0.25) is 0 Å². The highest BCUT2D eigenvalue weighted by molar-refractivity contribution is 5.94. The van der Waals surface area contributed by atoms with Crippen molar-refractivity contribution in [3.8, 4) is 5.75 Å². The first-order chi connectivity index (χ1) is 17.1. The van der Waals surface area contributed by atoms with Gasteiger partial charge in [0.2, 0.25) is 0 Å². The smallest absolute Gasteiger partial charge is 0.251 e. The number of imidazole rings is 1. The number of nitrogens with zero attached hydrogens (tertiary/aromatic N) is 2. The first-order valence-corrected chi connectivity index (χ1v) is 12.6. The Kier molecular flexibility index (Phi) is 8.55. The maximum Gasteiger partial charge on any atom is 0.251 e. The van der Waals surface area contributed by atoms with Gasteiger partial charge in [-0.15, -0.1) is 0 Å². The Bertz CT molecular complexity index is 1240. The van der Waals surface area contributed by atoms with E-state index < -0.39 is 0 Å². The largest absolute Gasteiger partial charge is 0.494 e. The molecular weight excluding hydrogens is 434 g/mol. The van der Waals surface area contributed by atoms with E-state index >= 15 is 0 Å². The molecule has 0 atom stereocenters. The first kappa shape index (κ1) is 24.5. The van der Waals surface area contributed by atoms with Crippen LogP contribution in [-0.2, 0) is 13.0 Å². The van der Waals surface area contributed by atoms with E-state index in [1.54, 1.807) is 0 Å². The summed E-state index contributed by atoms with van der Waals surface area (Å²) in [6.07, 6.45) is 4.91. The van der Waals surface area contributed by atoms with Crippen LogP contribution in [0.1, 0.15) is 53.0 Å². The average Bonchev–Trinajstić information content (AvgIpc) is 3.22. The summed E-state index contributed by atoms with van der Waals surface area (Å²) in [5, 5.41) is 3.03. The van der Waals surface area contributed by atoms with Gasteiger partial charge in [-0.2, -0.15) is 0 Å². The molecule has 182 valence electrons. The number of unbranched alkanes of at least 4 members (excludes halogenated alkanes) is 2. The number of aryl methyl sites for hydroxylation is 4. The summed E-state index contributed by atoms with van der Waals surface area (Å²) in [5.74, 6) is 2.05. The molecule has 0 radical (unpaired) electrons. The highest BCUT2D eigenvalue weighted by atomic mass is 16.5. The van der Waals surface area contributed by atoms with Crippen LogP contribution in [0.3, 0.4) is 0 Å². The van der Waals surface area contributed by atoms with E-state index in [9.17, 15) is 4.79 Å². The molecule has 4 aromatic rings. The molecule has 3 aromatic carbocycles. The molecule has 0 aliphatic carbocycles. The number of ether oxygens (including phenoxy) is 1. The van der Waals surface area contributed by atoms with Gasteiger partial charge in [0.15, 0.2) is 0 Å². The molecule has 0 unspecified atom stereocenters. The van der Waals surface area contributed by atoms with Crippen molar-refractivity contribution in [3.05, 3.63) is 95.3 Å². The second kappa shape index (κ2) is 12.2. The lowest BCUT2D eigenvalue weighted by Crippen LogP contribution is -2.24. The molecule has 1 N–H and O–H groups in total. The number of fused-ring (bicyclic) bond motifs is 1. The average molecular weight is 470 g/mol. The lowest BCUT2D eigenvalue weighted by molar-refractivity contribution is 0.0953.